The Morgan fingerprint density at radius 1 is 0.396 bits per heavy atom. The van der Waals surface area contributed by atoms with Gasteiger partial charge in [0.05, 0.1) is 11.4 Å². The minimum Gasteiger partial charge on any atom is -0.456 e. The van der Waals surface area contributed by atoms with E-state index in [0.29, 0.717) is 0 Å². The van der Waals surface area contributed by atoms with Crippen molar-refractivity contribution in [3.63, 3.8) is 0 Å². The van der Waals surface area contributed by atoms with Gasteiger partial charge in [0.2, 0.25) is 0 Å². The molecule has 0 amide bonds. The van der Waals surface area contributed by atoms with Crippen LogP contribution in [0.25, 0.3) is 76.5 Å². The molecule has 0 unspecified atom stereocenters. The van der Waals surface area contributed by atoms with E-state index in [9.17, 15) is 0 Å². The van der Waals surface area contributed by atoms with Gasteiger partial charge in [-0.25, -0.2) is 0 Å². The number of furan rings is 1. The van der Waals surface area contributed by atoms with Gasteiger partial charge in [-0.15, -0.1) is 0 Å². The summed E-state index contributed by atoms with van der Waals surface area (Å²) < 4.78 is 6.56. The fraction of sp³-hybridized carbons (Fsp3) is 0.0588. The maximum Gasteiger partial charge on any atom is 0.137 e. The number of para-hydroxylation sites is 1. The van der Waals surface area contributed by atoms with Crippen molar-refractivity contribution in [2.75, 3.05) is 4.90 Å². The largest absolute Gasteiger partial charge is 0.456 e. The lowest BCUT2D eigenvalue weighted by Crippen LogP contribution is -2.16. The van der Waals surface area contributed by atoms with E-state index in [0.717, 1.165) is 39.0 Å². The van der Waals surface area contributed by atoms with E-state index in [1.807, 2.05) is 6.07 Å². The van der Waals surface area contributed by atoms with Gasteiger partial charge in [0.15, 0.2) is 0 Å². The van der Waals surface area contributed by atoms with E-state index >= 15 is 0 Å². The lowest BCUT2D eigenvalue weighted by Gasteiger charge is -2.31. The molecule has 11 rings (SSSR count). The highest BCUT2D eigenvalue weighted by Gasteiger charge is 2.38. The lowest BCUT2D eigenvalue weighted by atomic mass is 9.82. The summed E-state index contributed by atoms with van der Waals surface area (Å²) >= 11 is 0. The average molecular weight is 678 g/mol. The highest BCUT2D eigenvalue weighted by molar-refractivity contribution is 6.13. The molecule has 53 heavy (non-hydrogen) atoms. The van der Waals surface area contributed by atoms with E-state index in [-0.39, 0.29) is 5.41 Å². The number of anilines is 3. The lowest BCUT2D eigenvalue weighted by molar-refractivity contribution is 0.661. The predicted molar refractivity (Wildman–Crippen MR) is 224 cm³/mol. The zero-order valence-corrected chi connectivity index (χ0v) is 29.6. The van der Waals surface area contributed by atoms with Crippen LogP contribution in [0.15, 0.2) is 180 Å². The molecule has 0 spiro atoms. The fourth-order valence-corrected chi connectivity index (χ4v) is 9.07. The highest BCUT2D eigenvalue weighted by atomic mass is 16.3. The molecular formula is C51H35NO. The van der Waals surface area contributed by atoms with Crippen molar-refractivity contribution in [3.05, 3.63) is 187 Å². The standard InChI is InChI=1S/C51H35NO/c1-51(2)43-22-12-23-45(50(43)42-29-34-15-3-4-16-35(34)30-44(42)51)52(36-26-27-40-39-20-9-10-24-47(39)53-48(40)31-36)46-28-25-33-14-6-8-19-38(33)49(46)41-21-11-17-32-13-5-7-18-37(32)41/h3-31H,1-2H3. The van der Waals surface area contributed by atoms with E-state index < -0.39 is 0 Å². The SMILES string of the molecule is CC1(C)c2cc3ccccc3cc2-c2c(N(c3ccc4c(c3)oc3ccccc34)c3ccc4ccccc4c3-c3cccc4ccccc34)cccc21. The van der Waals surface area contributed by atoms with Gasteiger partial charge >= 0.3 is 0 Å². The van der Waals surface area contributed by atoms with Crippen molar-refractivity contribution in [1.82, 2.24) is 0 Å². The molecule has 0 aliphatic heterocycles. The third-order valence-electron chi connectivity index (χ3n) is 11.6. The number of fused-ring (bicyclic) bond motifs is 9. The molecule has 1 heterocycles. The zero-order valence-electron chi connectivity index (χ0n) is 29.6. The van der Waals surface area contributed by atoms with E-state index in [1.165, 1.54) is 65.7 Å². The Morgan fingerprint density at radius 2 is 1.02 bits per heavy atom. The number of hydrogen-bond acceptors (Lipinski definition) is 2. The molecule has 10 aromatic rings. The van der Waals surface area contributed by atoms with Crippen LogP contribution in [-0.2, 0) is 5.41 Å². The first-order chi connectivity index (χ1) is 26.0. The summed E-state index contributed by atoms with van der Waals surface area (Å²) in [6.07, 6.45) is 0. The zero-order chi connectivity index (χ0) is 35.3. The first kappa shape index (κ1) is 30.0. The van der Waals surface area contributed by atoms with Crippen LogP contribution in [0, 0.1) is 0 Å². The van der Waals surface area contributed by atoms with E-state index in [4.69, 9.17) is 4.42 Å². The van der Waals surface area contributed by atoms with Gasteiger partial charge in [-0.3, -0.25) is 0 Å². The summed E-state index contributed by atoms with van der Waals surface area (Å²) in [7, 11) is 0. The van der Waals surface area contributed by atoms with E-state index in [1.54, 1.807) is 0 Å². The number of rotatable bonds is 4. The monoisotopic (exact) mass is 677 g/mol. The van der Waals surface area contributed by atoms with Crippen LogP contribution in [0.1, 0.15) is 25.0 Å². The summed E-state index contributed by atoms with van der Waals surface area (Å²) in [4.78, 5) is 2.50. The van der Waals surface area contributed by atoms with Gasteiger partial charge in [0.1, 0.15) is 11.2 Å². The van der Waals surface area contributed by atoms with Crippen LogP contribution < -0.4 is 4.90 Å². The molecule has 2 heteroatoms. The van der Waals surface area contributed by atoms with Gasteiger partial charge in [0, 0.05) is 39.1 Å². The Balaban J connectivity index is 1.27. The molecule has 0 fully saturated rings. The first-order valence-electron chi connectivity index (χ1n) is 18.4. The molecule has 0 atom stereocenters. The van der Waals surface area contributed by atoms with Crippen molar-refractivity contribution >= 4 is 71.3 Å². The number of nitrogens with zero attached hydrogens (tertiary/aromatic N) is 1. The van der Waals surface area contributed by atoms with Gasteiger partial charge in [-0.2, -0.15) is 0 Å². The summed E-state index contributed by atoms with van der Waals surface area (Å²) in [5, 5.41) is 9.66. The minimum absolute atomic E-state index is 0.180. The van der Waals surface area contributed by atoms with Gasteiger partial charge in [-0.1, -0.05) is 141 Å². The Hall–Kier alpha value is -6.64. The molecule has 1 aliphatic carbocycles. The summed E-state index contributed by atoms with van der Waals surface area (Å²) in [6, 6.07) is 64.4. The minimum atomic E-state index is -0.180. The van der Waals surface area contributed by atoms with Crippen molar-refractivity contribution in [2.45, 2.75) is 19.3 Å². The fourth-order valence-electron chi connectivity index (χ4n) is 9.07. The van der Waals surface area contributed by atoms with Crippen LogP contribution >= 0.6 is 0 Å². The van der Waals surface area contributed by atoms with Crippen molar-refractivity contribution in [1.29, 1.82) is 0 Å². The smallest absolute Gasteiger partial charge is 0.137 e. The molecule has 2 nitrogen and oxygen atoms in total. The van der Waals surface area contributed by atoms with Crippen LogP contribution in [0.2, 0.25) is 0 Å². The second kappa shape index (κ2) is 11.2. The normalized spacial score (nSPS) is 13.2. The number of benzene rings is 9. The van der Waals surface area contributed by atoms with Crippen molar-refractivity contribution in [3.8, 4) is 22.3 Å². The Morgan fingerprint density at radius 3 is 1.85 bits per heavy atom. The second-order valence-electron chi connectivity index (χ2n) is 14.9. The first-order valence-corrected chi connectivity index (χ1v) is 18.4. The third kappa shape index (κ3) is 4.39. The van der Waals surface area contributed by atoms with Crippen LogP contribution in [0.5, 0.6) is 0 Å². The topological polar surface area (TPSA) is 16.4 Å². The average Bonchev–Trinajstić information content (AvgIpc) is 3.68. The Kier molecular flexibility index (Phi) is 6.33. The third-order valence-corrected chi connectivity index (χ3v) is 11.6. The van der Waals surface area contributed by atoms with Gasteiger partial charge < -0.3 is 9.32 Å². The van der Waals surface area contributed by atoms with Gasteiger partial charge in [0.25, 0.3) is 0 Å². The Labute approximate surface area is 308 Å². The maximum atomic E-state index is 6.56. The summed E-state index contributed by atoms with van der Waals surface area (Å²) in [5.41, 5.74) is 12.6. The number of hydrogen-bond donors (Lipinski definition) is 0. The molecule has 250 valence electrons. The van der Waals surface area contributed by atoms with Crippen molar-refractivity contribution in [2.24, 2.45) is 0 Å². The molecule has 1 aromatic heterocycles. The van der Waals surface area contributed by atoms with E-state index in [2.05, 4.69) is 189 Å². The molecule has 0 saturated carbocycles. The molecule has 0 N–H and O–H groups in total. The maximum absolute atomic E-state index is 6.56. The second-order valence-corrected chi connectivity index (χ2v) is 14.9. The Bertz CT molecular complexity index is 3100. The molecule has 0 saturated heterocycles. The molecule has 0 radical (unpaired) electrons. The quantitative estimate of drug-likeness (QED) is 0.184. The van der Waals surface area contributed by atoms with Gasteiger partial charge in [-0.05, 0) is 97.0 Å². The molecule has 9 aromatic carbocycles. The molecular weight excluding hydrogens is 643 g/mol. The summed E-state index contributed by atoms with van der Waals surface area (Å²) in [6.45, 7) is 4.75. The van der Waals surface area contributed by atoms with Crippen molar-refractivity contribution < 1.29 is 4.42 Å². The van der Waals surface area contributed by atoms with Crippen LogP contribution in [0.4, 0.5) is 17.1 Å². The molecule has 1 aliphatic rings. The van der Waals surface area contributed by atoms with Crippen LogP contribution in [0.3, 0.4) is 0 Å². The predicted octanol–water partition coefficient (Wildman–Crippen LogP) is 14.5. The van der Waals surface area contributed by atoms with Crippen LogP contribution in [-0.4, -0.2) is 0 Å². The highest BCUT2D eigenvalue weighted by Crippen LogP contribution is 2.56. The summed E-state index contributed by atoms with van der Waals surface area (Å²) in [5.74, 6) is 0. The molecule has 0 bridgehead atoms.